The Balaban J connectivity index is 1.98. The molecule has 0 spiro atoms. The average Bonchev–Trinajstić information content (AvgIpc) is 2.71. The first-order valence-electron chi connectivity index (χ1n) is 6.42. The smallest absolute Gasteiger partial charge is 0.332 e. The maximum absolute atomic E-state index is 11.8. The van der Waals surface area contributed by atoms with Gasteiger partial charge in [-0.3, -0.25) is 9.63 Å². The molecule has 1 aromatic heterocycles. The summed E-state index contributed by atoms with van der Waals surface area (Å²) >= 11 is 1.49. The lowest BCUT2D eigenvalue weighted by Gasteiger charge is -2.07. The molecule has 0 saturated carbocycles. The Bertz CT molecular complexity index is 444. The van der Waals surface area contributed by atoms with Gasteiger partial charge in [0.05, 0.1) is 4.88 Å². The molecule has 2 N–H and O–H groups in total. The van der Waals surface area contributed by atoms with Gasteiger partial charge in [0.25, 0.3) is 5.91 Å². The number of carboxylic acids is 1. The molecule has 0 saturated heterocycles. The van der Waals surface area contributed by atoms with Crippen molar-refractivity contribution >= 4 is 23.2 Å². The van der Waals surface area contributed by atoms with Crippen LogP contribution in [-0.4, -0.2) is 23.6 Å². The summed E-state index contributed by atoms with van der Waals surface area (Å²) in [5.41, 5.74) is 3.42. The Labute approximate surface area is 115 Å². The normalized spacial score (nSPS) is 15.2. The third kappa shape index (κ3) is 4.04. The van der Waals surface area contributed by atoms with Gasteiger partial charge in [-0.2, -0.15) is 0 Å². The van der Waals surface area contributed by atoms with Gasteiger partial charge in [0.2, 0.25) is 0 Å². The van der Waals surface area contributed by atoms with Gasteiger partial charge in [-0.05, 0) is 37.3 Å². The van der Waals surface area contributed by atoms with Gasteiger partial charge in [-0.25, -0.2) is 10.3 Å². The molecule has 0 bridgehead atoms. The van der Waals surface area contributed by atoms with Crippen molar-refractivity contribution in [2.45, 2.75) is 38.5 Å². The van der Waals surface area contributed by atoms with Crippen LogP contribution < -0.4 is 5.48 Å². The van der Waals surface area contributed by atoms with Gasteiger partial charge in [-0.15, -0.1) is 11.3 Å². The molecule has 104 valence electrons. The van der Waals surface area contributed by atoms with Crippen molar-refractivity contribution in [3.8, 4) is 0 Å². The molecule has 2 rings (SSSR count). The van der Waals surface area contributed by atoms with E-state index < -0.39 is 12.6 Å². The van der Waals surface area contributed by atoms with E-state index in [0.717, 1.165) is 12.8 Å². The summed E-state index contributed by atoms with van der Waals surface area (Å²) in [7, 11) is 0. The summed E-state index contributed by atoms with van der Waals surface area (Å²) in [6.07, 6.45) is 6.89. The maximum atomic E-state index is 11.8. The molecule has 6 heteroatoms. The Kier molecular flexibility index (Phi) is 4.93. The molecule has 1 aromatic rings. The van der Waals surface area contributed by atoms with Crippen LogP contribution in [-0.2, 0) is 22.5 Å². The summed E-state index contributed by atoms with van der Waals surface area (Å²) in [5, 5.41) is 8.42. The van der Waals surface area contributed by atoms with E-state index in [1.54, 1.807) is 0 Å². The van der Waals surface area contributed by atoms with Crippen LogP contribution in [0.3, 0.4) is 0 Å². The van der Waals surface area contributed by atoms with Gasteiger partial charge < -0.3 is 5.11 Å². The van der Waals surface area contributed by atoms with Gasteiger partial charge in [-0.1, -0.05) is 12.8 Å². The molecular formula is C13H17NO4S. The predicted molar refractivity (Wildman–Crippen MR) is 71.2 cm³/mol. The zero-order valence-electron chi connectivity index (χ0n) is 10.6. The number of amides is 1. The number of aryl methyl sites for hydroxylation is 2. The number of carboxylic acid groups (broad SMARTS) is 1. The van der Waals surface area contributed by atoms with Crippen LogP contribution in [0, 0.1) is 0 Å². The second-order valence-corrected chi connectivity index (χ2v) is 5.72. The molecule has 19 heavy (non-hydrogen) atoms. The Morgan fingerprint density at radius 2 is 2.00 bits per heavy atom. The number of hydroxylamine groups is 1. The molecule has 1 aliphatic carbocycles. The van der Waals surface area contributed by atoms with E-state index in [2.05, 4.69) is 10.3 Å². The number of carbonyl (C=O) groups excluding carboxylic acids is 1. The Morgan fingerprint density at radius 1 is 1.26 bits per heavy atom. The third-order valence-corrected chi connectivity index (χ3v) is 4.32. The van der Waals surface area contributed by atoms with Crippen molar-refractivity contribution in [3.63, 3.8) is 0 Å². The zero-order chi connectivity index (χ0) is 13.7. The van der Waals surface area contributed by atoms with Gasteiger partial charge in [0.15, 0.2) is 6.61 Å². The number of rotatable bonds is 4. The van der Waals surface area contributed by atoms with Crippen LogP contribution in [0.4, 0.5) is 0 Å². The minimum Gasteiger partial charge on any atom is -0.479 e. The van der Waals surface area contributed by atoms with Crippen molar-refractivity contribution in [1.82, 2.24) is 5.48 Å². The number of hydrogen-bond donors (Lipinski definition) is 2. The largest absolute Gasteiger partial charge is 0.479 e. The fourth-order valence-electron chi connectivity index (χ4n) is 2.17. The van der Waals surface area contributed by atoms with Gasteiger partial charge in [0, 0.05) is 4.88 Å². The van der Waals surface area contributed by atoms with E-state index in [4.69, 9.17) is 5.11 Å². The lowest BCUT2D eigenvalue weighted by Crippen LogP contribution is -2.25. The first-order valence-corrected chi connectivity index (χ1v) is 7.24. The average molecular weight is 283 g/mol. The topological polar surface area (TPSA) is 75.6 Å². The summed E-state index contributed by atoms with van der Waals surface area (Å²) in [5.74, 6) is -1.48. The van der Waals surface area contributed by atoms with Crippen molar-refractivity contribution in [2.75, 3.05) is 6.61 Å². The SMILES string of the molecule is O=C(O)CONC(=O)c1cc2c(s1)CCCCCC2. The Hall–Kier alpha value is -1.40. The molecule has 0 fully saturated rings. The molecule has 5 nitrogen and oxygen atoms in total. The number of hydrogen-bond acceptors (Lipinski definition) is 4. The predicted octanol–water partition coefficient (Wildman–Crippen LogP) is 2.15. The van der Waals surface area contributed by atoms with E-state index in [9.17, 15) is 9.59 Å². The highest BCUT2D eigenvalue weighted by molar-refractivity contribution is 7.14. The highest BCUT2D eigenvalue weighted by atomic mass is 32.1. The van der Waals surface area contributed by atoms with Crippen LogP contribution >= 0.6 is 11.3 Å². The van der Waals surface area contributed by atoms with E-state index in [1.165, 1.54) is 47.5 Å². The molecule has 1 aliphatic rings. The van der Waals surface area contributed by atoms with Crippen molar-refractivity contribution < 1.29 is 19.5 Å². The number of thiophene rings is 1. The standard InChI is InChI=1S/C13H17NO4S/c15-12(16)8-18-14-13(17)11-7-9-5-3-1-2-4-6-10(9)19-11/h7H,1-6,8H2,(H,14,17)(H,15,16). The molecule has 0 radical (unpaired) electrons. The monoisotopic (exact) mass is 283 g/mol. The van der Waals surface area contributed by atoms with Crippen molar-refractivity contribution in [1.29, 1.82) is 0 Å². The first kappa shape index (κ1) is 14.0. The van der Waals surface area contributed by atoms with E-state index in [-0.39, 0.29) is 5.91 Å². The Morgan fingerprint density at radius 3 is 2.74 bits per heavy atom. The quantitative estimate of drug-likeness (QED) is 0.830. The summed E-state index contributed by atoms with van der Waals surface area (Å²) in [6.45, 7) is -0.531. The van der Waals surface area contributed by atoms with E-state index in [0.29, 0.717) is 4.88 Å². The van der Waals surface area contributed by atoms with Crippen LogP contribution in [0.2, 0.25) is 0 Å². The minimum atomic E-state index is -1.11. The van der Waals surface area contributed by atoms with Crippen molar-refractivity contribution in [2.24, 2.45) is 0 Å². The lowest BCUT2D eigenvalue weighted by atomic mass is 10.00. The number of carbonyl (C=O) groups is 2. The van der Waals surface area contributed by atoms with E-state index >= 15 is 0 Å². The highest BCUT2D eigenvalue weighted by Crippen LogP contribution is 2.28. The van der Waals surface area contributed by atoms with Crippen LogP contribution in [0.25, 0.3) is 0 Å². The summed E-state index contributed by atoms with van der Waals surface area (Å²) in [6, 6.07) is 1.91. The molecule has 0 atom stereocenters. The number of fused-ring (bicyclic) bond motifs is 1. The molecule has 1 heterocycles. The molecule has 0 aliphatic heterocycles. The summed E-state index contributed by atoms with van der Waals surface area (Å²) < 4.78 is 0. The fourth-order valence-corrected chi connectivity index (χ4v) is 3.31. The van der Waals surface area contributed by atoms with E-state index in [1.807, 2.05) is 6.07 Å². The van der Waals surface area contributed by atoms with Crippen LogP contribution in [0.5, 0.6) is 0 Å². The highest BCUT2D eigenvalue weighted by Gasteiger charge is 2.16. The minimum absolute atomic E-state index is 0.363. The second kappa shape index (κ2) is 6.68. The van der Waals surface area contributed by atoms with Crippen LogP contribution in [0.1, 0.15) is 45.8 Å². The van der Waals surface area contributed by atoms with Gasteiger partial charge >= 0.3 is 5.97 Å². The fraction of sp³-hybridized carbons (Fsp3) is 0.538. The zero-order valence-corrected chi connectivity index (χ0v) is 11.4. The lowest BCUT2D eigenvalue weighted by molar-refractivity contribution is -0.144. The van der Waals surface area contributed by atoms with Crippen LogP contribution in [0.15, 0.2) is 6.07 Å². The molecule has 1 amide bonds. The molecule has 0 unspecified atom stereocenters. The number of nitrogens with one attached hydrogen (secondary N) is 1. The first-order chi connectivity index (χ1) is 9.16. The number of aliphatic carboxylic acids is 1. The summed E-state index contributed by atoms with van der Waals surface area (Å²) in [4.78, 5) is 28.6. The second-order valence-electron chi connectivity index (χ2n) is 4.59. The maximum Gasteiger partial charge on any atom is 0.332 e. The van der Waals surface area contributed by atoms with Gasteiger partial charge in [0.1, 0.15) is 0 Å². The van der Waals surface area contributed by atoms with Crippen molar-refractivity contribution in [3.05, 3.63) is 21.4 Å². The third-order valence-electron chi connectivity index (χ3n) is 3.08. The molecule has 0 aromatic carbocycles. The molecular weight excluding hydrogens is 266 g/mol.